The molecule has 0 bridgehead atoms. The van der Waals surface area contributed by atoms with Crippen LogP contribution in [0.2, 0.25) is 5.02 Å². The Bertz CT molecular complexity index is 1600. The van der Waals surface area contributed by atoms with Crippen LogP contribution in [0.1, 0.15) is 37.5 Å². The SMILES string of the molecule is C/C(=C\c1ccc2c(c1)N(S(=O)(=O)c1cccc(C(F)(F)F)c1)CCN2CCN(C)CC(C)(C)O)c1c(F)cccc1Cl. The smallest absolute Gasteiger partial charge is 0.389 e. The van der Waals surface area contributed by atoms with Crippen LogP contribution in [0.25, 0.3) is 11.6 Å². The first-order valence-corrected chi connectivity index (χ1v) is 15.4. The summed E-state index contributed by atoms with van der Waals surface area (Å²) in [5.74, 6) is -0.505. The Kier molecular flexibility index (Phi) is 9.51. The highest BCUT2D eigenvalue weighted by Crippen LogP contribution is 2.39. The number of hydrogen-bond donors (Lipinski definition) is 1. The summed E-state index contributed by atoms with van der Waals surface area (Å²) >= 11 is 6.25. The molecule has 6 nitrogen and oxygen atoms in total. The molecule has 1 aliphatic rings. The molecule has 43 heavy (non-hydrogen) atoms. The topological polar surface area (TPSA) is 64.1 Å². The summed E-state index contributed by atoms with van der Waals surface area (Å²) < 4.78 is 83.7. The van der Waals surface area contributed by atoms with Gasteiger partial charge in [0.25, 0.3) is 10.0 Å². The molecule has 4 rings (SSSR count). The number of anilines is 2. The van der Waals surface area contributed by atoms with Gasteiger partial charge in [0.15, 0.2) is 0 Å². The minimum atomic E-state index is -4.71. The Balaban J connectivity index is 1.76. The van der Waals surface area contributed by atoms with Crippen LogP contribution in [0.3, 0.4) is 0 Å². The van der Waals surface area contributed by atoms with Crippen molar-refractivity contribution in [3.05, 3.63) is 88.2 Å². The number of sulfonamides is 1. The number of likely N-dealkylation sites (N-methyl/N-ethyl adjacent to an activating group) is 1. The lowest BCUT2D eigenvalue weighted by Gasteiger charge is -2.39. The fraction of sp³-hybridized carbons (Fsp3) is 0.355. The zero-order chi connectivity index (χ0) is 31.7. The van der Waals surface area contributed by atoms with Gasteiger partial charge in [-0.25, -0.2) is 12.8 Å². The number of fused-ring (bicyclic) bond motifs is 1. The van der Waals surface area contributed by atoms with Gasteiger partial charge in [-0.1, -0.05) is 35.9 Å². The predicted molar refractivity (Wildman–Crippen MR) is 163 cm³/mol. The van der Waals surface area contributed by atoms with E-state index in [1.54, 1.807) is 51.1 Å². The molecule has 0 aromatic heterocycles. The predicted octanol–water partition coefficient (Wildman–Crippen LogP) is 6.78. The highest BCUT2D eigenvalue weighted by molar-refractivity contribution is 7.92. The van der Waals surface area contributed by atoms with E-state index in [2.05, 4.69) is 0 Å². The lowest BCUT2D eigenvalue weighted by molar-refractivity contribution is -0.137. The Morgan fingerprint density at radius 1 is 1.05 bits per heavy atom. The van der Waals surface area contributed by atoms with Crippen molar-refractivity contribution in [2.24, 2.45) is 0 Å². The minimum absolute atomic E-state index is 0.00786. The van der Waals surface area contributed by atoms with Crippen molar-refractivity contribution in [3.8, 4) is 0 Å². The van der Waals surface area contributed by atoms with E-state index in [-0.39, 0.29) is 22.8 Å². The van der Waals surface area contributed by atoms with Gasteiger partial charge in [0.1, 0.15) is 5.82 Å². The van der Waals surface area contributed by atoms with Gasteiger partial charge in [0, 0.05) is 31.7 Å². The molecule has 0 atom stereocenters. The molecule has 0 radical (unpaired) electrons. The minimum Gasteiger partial charge on any atom is -0.389 e. The number of alkyl halides is 3. The second kappa shape index (κ2) is 12.5. The Labute approximate surface area is 254 Å². The fourth-order valence-electron chi connectivity index (χ4n) is 5.22. The molecule has 3 aromatic rings. The summed E-state index contributed by atoms with van der Waals surface area (Å²) in [5, 5.41) is 10.4. The first-order valence-electron chi connectivity index (χ1n) is 13.6. The molecule has 1 heterocycles. The summed E-state index contributed by atoms with van der Waals surface area (Å²) in [5.41, 5.74) is 0.192. The first kappa shape index (κ1) is 32.8. The van der Waals surface area contributed by atoms with E-state index in [1.807, 2.05) is 16.8 Å². The molecular weight excluding hydrogens is 606 g/mol. The van der Waals surface area contributed by atoms with E-state index in [4.69, 9.17) is 11.6 Å². The largest absolute Gasteiger partial charge is 0.416 e. The zero-order valence-electron chi connectivity index (χ0n) is 24.3. The van der Waals surface area contributed by atoms with Crippen LogP contribution in [-0.4, -0.2) is 63.8 Å². The second-order valence-corrected chi connectivity index (χ2v) is 13.6. The standard InChI is InChI=1S/C31H34ClF4N3O3S/c1-21(29-25(32)9-6-10-26(29)33)17-22-11-12-27-28(18-22)39(16-15-38(27)14-13-37(4)20-30(2,3)40)43(41,42)24-8-5-7-23(19-24)31(34,35)36/h5-12,17-19,40H,13-16,20H2,1-4H3/b21-17+. The van der Waals surface area contributed by atoms with Gasteiger partial charge in [-0.3, -0.25) is 4.31 Å². The molecule has 232 valence electrons. The third-order valence-electron chi connectivity index (χ3n) is 7.08. The van der Waals surface area contributed by atoms with Crippen molar-refractivity contribution in [3.63, 3.8) is 0 Å². The number of rotatable bonds is 9. The van der Waals surface area contributed by atoms with Gasteiger partial charge in [0.05, 0.1) is 39.0 Å². The molecule has 1 aliphatic heterocycles. The van der Waals surface area contributed by atoms with Crippen LogP contribution in [0.5, 0.6) is 0 Å². The Morgan fingerprint density at radius 2 is 1.74 bits per heavy atom. The average molecular weight is 640 g/mol. The van der Waals surface area contributed by atoms with Crippen LogP contribution < -0.4 is 9.21 Å². The molecule has 0 unspecified atom stereocenters. The van der Waals surface area contributed by atoms with Crippen LogP contribution in [-0.2, 0) is 16.2 Å². The quantitative estimate of drug-likeness (QED) is 0.207. The van der Waals surface area contributed by atoms with Gasteiger partial charge in [-0.15, -0.1) is 0 Å². The van der Waals surface area contributed by atoms with Gasteiger partial charge >= 0.3 is 6.18 Å². The highest BCUT2D eigenvalue weighted by atomic mass is 35.5. The molecule has 0 amide bonds. The molecule has 0 saturated heterocycles. The summed E-state index contributed by atoms with van der Waals surface area (Å²) in [7, 11) is -2.51. The van der Waals surface area contributed by atoms with Crippen LogP contribution in [0.4, 0.5) is 28.9 Å². The van der Waals surface area contributed by atoms with E-state index in [1.165, 1.54) is 12.1 Å². The number of nitrogens with zero attached hydrogens (tertiary/aromatic N) is 3. The molecule has 12 heteroatoms. The van der Waals surface area contributed by atoms with E-state index < -0.39 is 38.1 Å². The number of benzene rings is 3. The zero-order valence-corrected chi connectivity index (χ0v) is 25.9. The van der Waals surface area contributed by atoms with Crippen LogP contribution in [0.15, 0.2) is 65.6 Å². The third-order valence-corrected chi connectivity index (χ3v) is 9.20. The van der Waals surface area contributed by atoms with Gasteiger partial charge in [-0.2, -0.15) is 13.2 Å². The van der Waals surface area contributed by atoms with Crippen molar-refractivity contribution in [2.45, 2.75) is 37.4 Å². The normalized spacial score (nSPS) is 14.8. The van der Waals surface area contributed by atoms with Gasteiger partial charge < -0.3 is 14.9 Å². The summed E-state index contributed by atoms with van der Waals surface area (Å²) in [6.07, 6.45) is -3.03. The summed E-state index contributed by atoms with van der Waals surface area (Å²) in [4.78, 5) is 3.49. The number of aliphatic hydroxyl groups is 1. The molecule has 3 aromatic carbocycles. The maximum atomic E-state index is 14.6. The summed E-state index contributed by atoms with van der Waals surface area (Å²) in [6.45, 7) is 6.89. The van der Waals surface area contributed by atoms with Crippen LogP contribution in [0, 0.1) is 5.82 Å². The number of halogens is 5. The van der Waals surface area contributed by atoms with E-state index in [9.17, 15) is 31.1 Å². The van der Waals surface area contributed by atoms with E-state index >= 15 is 0 Å². The van der Waals surface area contributed by atoms with Crippen molar-refractivity contribution in [1.82, 2.24) is 4.90 Å². The fourth-order valence-corrected chi connectivity index (χ4v) is 7.04. The van der Waals surface area contributed by atoms with Crippen molar-refractivity contribution in [1.29, 1.82) is 0 Å². The van der Waals surface area contributed by atoms with E-state index in [0.717, 1.165) is 22.5 Å². The monoisotopic (exact) mass is 639 g/mol. The Hall–Kier alpha value is -3.12. The maximum absolute atomic E-state index is 14.6. The molecule has 0 fully saturated rings. The second-order valence-electron chi connectivity index (χ2n) is 11.3. The van der Waals surface area contributed by atoms with Gasteiger partial charge in [-0.05, 0) is 81.4 Å². The lowest BCUT2D eigenvalue weighted by Crippen LogP contribution is -2.47. The summed E-state index contributed by atoms with van der Waals surface area (Å²) in [6, 6.07) is 13.2. The van der Waals surface area contributed by atoms with Gasteiger partial charge in [0.2, 0.25) is 0 Å². The molecule has 0 aliphatic carbocycles. The number of allylic oxidation sites excluding steroid dienone is 1. The third kappa shape index (κ3) is 7.70. The van der Waals surface area contributed by atoms with Crippen molar-refractivity contribution in [2.75, 3.05) is 49.0 Å². The average Bonchev–Trinajstić information content (AvgIpc) is 2.90. The molecule has 0 spiro atoms. The van der Waals surface area contributed by atoms with Crippen LogP contribution >= 0.6 is 11.6 Å². The molecule has 1 N–H and O–H groups in total. The highest BCUT2D eigenvalue weighted by Gasteiger charge is 2.35. The Morgan fingerprint density at radius 3 is 2.40 bits per heavy atom. The van der Waals surface area contributed by atoms with Crippen molar-refractivity contribution >= 4 is 44.6 Å². The first-order chi connectivity index (χ1) is 20.0. The van der Waals surface area contributed by atoms with E-state index in [0.29, 0.717) is 49.1 Å². The lowest BCUT2D eigenvalue weighted by atomic mass is 10.0. The van der Waals surface area contributed by atoms with Crippen molar-refractivity contribution < 1.29 is 31.1 Å². The molecule has 0 saturated carbocycles. The maximum Gasteiger partial charge on any atom is 0.416 e. The number of hydrogen-bond acceptors (Lipinski definition) is 5. The molecular formula is C31H34ClF4N3O3S.